The summed E-state index contributed by atoms with van der Waals surface area (Å²) in [6, 6.07) is 10.4. The van der Waals surface area contributed by atoms with Crippen LogP contribution in [0.25, 0.3) is 10.9 Å². The smallest absolute Gasteiger partial charge is 0.131 e. The zero-order valence-electron chi connectivity index (χ0n) is 15.9. The molecule has 0 radical (unpaired) electrons. The van der Waals surface area contributed by atoms with Gasteiger partial charge in [-0.3, -0.25) is 9.88 Å². The number of benzene rings is 1. The van der Waals surface area contributed by atoms with E-state index >= 15 is 0 Å². The Bertz CT molecular complexity index is 948. The summed E-state index contributed by atoms with van der Waals surface area (Å²) < 4.78 is 15.2. The highest BCUT2D eigenvalue weighted by atomic mass is 35.5. The molecule has 0 bridgehead atoms. The normalized spacial score (nSPS) is 17.4. The van der Waals surface area contributed by atoms with Gasteiger partial charge in [-0.15, -0.1) is 0 Å². The number of halogens is 2. The second-order valence-corrected chi connectivity index (χ2v) is 7.81. The molecule has 2 aromatic heterocycles. The second kappa shape index (κ2) is 7.61. The standard InChI is InChI=1S/C22H25ClFN3/c1-3-20-22-18(9-10-26(20)2)19-12-16(23)5-7-21(19)27(22)11-8-15-4-6-17(13-24)25-14-15/h4-7,12,14,20H,3,8-11,13H2,1-2H3. The summed E-state index contributed by atoms with van der Waals surface area (Å²) in [4.78, 5) is 6.65. The average molecular weight is 386 g/mol. The lowest BCUT2D eigenvalue weighted by Crippen LogP contribution is -2.33. The third kappa shape index (κ3) is 3.37. The first-order valence-electron chi connectivity index (χ1n) is 9.63. The molecule has 0 spiro atoms. The Morgan fingerprint density at radius 3 is 2.81 bits per heavy atom. The van der Waals surface area contributed by atoms with Crippen LogP contribution in [0, 0.1) is 0 Å². The molecule has 1 aliphatic rings. The van der Waals surface area contributed by atoms with Gasteiger partial charge in [0.2, 0.25) is 0 Å². The van der Waals surface area contributed by atoms with Crippen molar-refractivity contribution in [3.05, 3.63) is 64.1 Å². The molecule has 3 heterocycles. The van der Waals surface area contributed by atoms with Crippen molar-refractivity contribution in [1.82, 2.24) is 14.5 Å². The third-order valence-electron chi connectivity index (χ3n) is 5.77. The van der Waals surface area contributed by atoms with Gasteiger partial charge in [0.1, 0.15) is 6.67 Å². The molecule has 0 aliphatic carbocycles. The first-order chi connectivity index (χ1) is 13.1. The monoisotopic (exact) mass is 385 g/mol. The molecule has 1 aliphatic heterocycles. The summed E-state index contributed by atoms with van der Waals surface area (Å²) in [5.41, 5.74) is 5.76. The summed E-state index contributed by atoms with van der Waals surface area (Å²) in [7, 11) is 2.21. The molecule has 3 aromatic rings. The van der Waals surface area contributed by atoms with Crippen LogP contribution in [0.4, 0.5) is 4.39 Å². The third-order valence-corrected chi connectivity index (χ3v) is 6.01. The van der Waals surface area contributed by atoms with Gasteiger partial charge in [0.25, 0.3) is 0 Å². The van der Waals surface area contributed by atoms with E-state index < -0.39 is 6.67 Å². The Labute approximate surface area is 164 Å². The Hall–Kier alpha value is -1.91. The van der Waals surface area contributed by atoms with Gasteiger partial charge in [-0.05, 0) is 61.7 Å². The van der Waals surface area contributed by atoms with E-state index in [4.69, 9.17) is 11.6 Å². The minimum atomic E-state index is -0.513. The minimum absolute atomic E-state index is 0.423. The van der Waals surface area contributed by atoms with Gasteiger partial charge >= 0.3 is 0 Å². The molecule has 0 fully saturated rings. The van der Waals surface area contributed by atoms with Crippen LogP contribution >= 0.6 is 11.6 Å². The molecule has 5 heteroatoms. The molecule has 3 nitrogen and oxygen atoms in total. The topological polar surface area (TPSA) is 21.1 Å². The van der Waals surface area contributed by atoms with Gasteiger partial charge in [-0.1, -0.05) is 24.6 Å². The number of nitrogens with zero attached hydrogens (tertiary/aromatic N) is 3. The van der Waals surface area contributed by atoms with Gasteiger partial charge < -0.3 is 4.57 Å². The van der Waals surface area contributed by atoms with E-state index in [-0.39, 0.29) is 0 Å². The van der Waals surface area contributed by atoms with Crippen LogP contribution in [0.3, 0.4) is 0 Å². The van der Waals surface area contributed by atoms with Crippen molar-refractivity contribution in [1.29, 1.82) is 0 Å². The molecule has 0 amide bonds. The summed E-state index contributed by atoms with van der Waals surface area (Å²) in [6.07, 6.45) is 4.81. The Kier molecular flexibility index (Phi) is 5.20. The molecule has 27 heavy (non-hydrogen) atoms. The van der Waals surface area contributed by atoms with E-state index in [0.717, 1.165) is 42.9 Å². The second-order valence-electron chi connectivity index (χ2n) is 7.37. The molecule has 1 unspecified atom stereocenters. The van der Waals surface area contributed by atoms with Crippen molar-refractivity contribution in [2.75, 3.05) is 13.6 Å². The van der Waals surface area contributed by atoms with Gasteiger partial charge in [0.05, 0.1) is 5.69 Å². The minimum Gasteiger partial charge on any atom is -0.342 e. The molecule has 4 rings (SSSR count). The number of aryl methyl sites for hydroxylation is 2. The van der Waals surface area contributed by atoms with Gasteiger partial charge in [-0.2, -0.15) is 0 Å². The molecule has 0 N–H and O–H groups in total. The molecule has 0 saturated carbocycles. The number of rotatable bonds is 5. The Morgan fingerprint density at radius 1 is 1.26 bits per heavy atom. The Morgan fingerprint density at radius 2 is 2.11 bits per heavy atom. The van der Waals surface area contributed by atoms with E-state index in [1.807, 2.05) is 12.1 Å². The summed E-state index contributed by atoms with van der Waals surface area (Å²) >= 11 is 6.31. The summed E-state index contributed by atoms with van der Waals surface area (Å²) in [5.74, 6) is 0. The highest BCUT2D eigenvalue weighted by molar-refractivity contribution is 6.31. The van der Waals surface area contributed by atoms with Gasteiger partial charge in [-0.25, -0.2) is 4.39 Å². The van der Waals surface area contributed by atoms with Gasteiger partial charge in [0, 0.05) is 46.9 Å². The van der Waals surface area contributed by atoms with E-state index in [9.17, 15) is 4.39 Å². The number of likely N-dealkylation sites (N-methyl/N-ethyl adjacent to an activating group) is 1. The predicted octanol–water partition coefficient (Wildman–Crippen LogP) is 5.34. The number of aromatic nitrogens is 2. The van der Waals surface area contributed by atoms with Crippen LogP contribution in [0.5, 0.6) is 0 Å². The van der Waals surface area contributed by atoms with Crippen LogP contribution in [-0.4, -0.2) is 28.0 Å². The summed E-state index contributed by atoms with van der Waals surface area (Å²) in [5, 5.41) is 2.08. The molecular formula is C22H25ClFN3. The van der Waals surface area contributed by atoms with Gasteiger partial charge in [0.15, 0.2) is 0 Å². The lowest BCUT2D eigenvalue weighted by molar-refractivity contribution is 0.216. The molecule has 1 aromatic carbocycles. The average Bonchev–Trinajstić information content (AvgIpc) is 2.99. The highest BCUT2D eigenvalue weighted by Gasteiger charge is 2.29. The summed E-state index contributed by atoms with van der Waals surface area (Å²) in [6.45, 7) is 3.70. The molecule has 142 valence electrons. The molecule has 0 saturated heterocycles. The fraction of sp³-hybridized carbons (Fsp3) is 0.409. The van der Waals surface area contributed by atoms with Crippen molar-refractivity contribution in [3.8, 4) is 0 Å². The fourth-order valence-corrected chi connectivity index (χ4v) is 4.55. The van der Waals surface area contributed by atoms with Crippen molar-refractivity contribution in [2.45, 2.75) is 45.4 Å². The van der Waals surface area contributed by atoms with Crippen molar-refractivity contribution < 1.29 is 4.39 Å². The maximum absolute atomic E-state index is 12.7. The van der Waals surface area contributed by atoms with Crippen LogP contribution in [0.2, 0.25) is 5.02 Å². The number of fused-ring (bicyclic) bond motifs is 3. The van der Waals surface area contributed by atoms with Crippen LogP contribution in [0.15, 0.2) is 36.5 Å². The number of hydrogen-bond acceptors (Lipinski definition) is 2. The van der Waals surface area contributed by atoms with Crippen molar-refractivity contribution >= 4 is 22.5 Å². The van der Waals surface area contributed by atoms with Crippen LogP contribution in [0.1, 0.15) is 41.9 Å². The first-order valence-corrected chi connectivity index (χ1v) is 10.0. The molecular weight excluding hydrogens is 361 g/mol. The van der Waals surface area contributed by atoms with Crippen LogP contribution in [-0.2, 0) is 26.1 Å². The van der Waals surface area contributed by atoms with E-state index in [1.165, 1.54) is 22.2 Å². The quantitative estimate of drug-likeness (QED) is 0.591. The van der Waals surface area contributed by atoms with E-state index in [0.29, 0.717) is 11.7 Å². The zero-order valence-corrected chi connectivity index (χ0v) is 16.6. The van der Waals surface area contributed by atoms with E-state index in [2.05, 4.69) is 40.6 Å². The lowest BCUT2D eigenvalue weighted by atomic mass is 9.96. The predicted molar refractivity (Wildman–Crippen MR) is 109 cm³/mol. The van der Waals surface area contributed by atoms with E-state index in [1.54, 1.807) is 12.3 Å². The maximum atomic E-state index is 12.7. The largest absolute Gasteiger partial charge is 0.342 e. The molecule has 1 atom stereocenters. The number of alkyl halides is 1. The van der Waals surface area contributed by atoms with Crippen molar-refractivity contribution in [2.24, 2.45) is 0 Å². The first kappa shape index (κ1) is 18.5. The number of hydrogen-bond donors (Lipinski definition) is 0. The number of pyridine rings is 1. The zero-order chi connectivity index (χ0) is 19.0. The highest BCUT2D eigenvalue weighted by Crippen LogP contribution is 2.39. The SMILES string of the molecule is CCC1c2c(c3cc(Cl)ccc3n2CCc2ccc(CF)nc2)CCN1C. The maximum Gasteiger partial charge on any atom is 0.131 e. The fourth-order valence-electron chi connectivity index (χ4n) is 4.38. The Balaban J connectivity index is 1.75. The lowest BCUT2D eigenvalue weighted by Gasteiger charge is -2.33. The van der Waals surface area contributed by atoms with Crippen LogP contribution < -0.4 is 0 Å². The van der Waals surface area contributed by atoms with Crippen molar-refractivity contribution in [3.63, 3.8) is 0 Å².